The molecule has 0 spiro atoms. The van der Waals surface area contributed by atoms with Crippen molar-refractivity contribution in [3.05, 3.63) is 35.4 Å². The SMILES string of the molecule is CN=C(NCCOCC(C)C)N(C)Cc1ccccc1C. The second-order valence-electron chi connectivity index (χ2n) is 5.73. The van der Waals surface area contributed by atoms with Crippen LogP contribution in [-0.2, 0) is 11.3 Å². The van der Waals surface area contributed by atoms with E-state index in [1.165, 1.54) is 11.1 Å². The number of aryl methyl sites for hydroxylation is 1. The molecule has 0 atom stereocenters. The summed E-state index contributed by atoms with van der Waals surface area (Å²) in [5.74, 6) is 1.47. The lowest BCUT2D eigenvalue weighted by Crippen LogP contribution is -2.40. The van der Waals surface area contributed by atoms with Crippen LogP contribution in [0, 0.1) is 12.8 Å². The Morgan fingerprint density at radius 2 is 2.05 bits per heavy atom. The fourth-order valence-corrected chi connectivity index (χ4v) is 2.06. The summed E-state index contributed by atoms with van der Waals surface area (Å²) in [4.78, 5) is 6.45. The molecule has 0 aliphatic rings. The van der Waals surface area contributed by atoms with E-state index in [1.807, 2.05) is 7.05 Å². The molecule has 0 aromatic heterocycles. The van der Waals surface area contributed by atoms with Gasteiger partial charge in [0, 0.05) is 33.8 Å². The summed E-state index contributed by atoms with van der Waals surface area (Å²) in [6.45, 7) is 9.58. The number of guanidine groups is 1. The average molecular weight is 291 g/mol. The van der Waals surface area contributed by atoms with Crippen LogP contribution in [0.25, 0.3) is 0 Å². The molecule has 118 valence electrons. The van der Waals surface area contributed by atoms with Gasteiger partial charge in [-0.05, 0) is 24.0 Å². The van der Waals surface area contributed by atoms with Crippen LogP contribution in [0.2, 0.25) is 0 Å². The first kappa shape index (κ1) is 17.5. The Morgan fingerprint density at radius 1 is 1.33 bits per heavy atom. The van der Waals surface area contributed by atoms with E-state index in [4.69, 9.17) is 4.74 Å². The van der Waals surface area contributed by atoms with E-state index in [9.17, 15) is 0 Å². The van der Waals surface area contributed by atoms with Crippen LogP contribution in [0.15, 0.2) is 29.3 Å². The van der Waals surface area contributed by atoms with Gasteiger partial charge in [0.2, 0.25) is 0 Å². The molecule has 0 unspecified atom stereocenters. The molecular weight excluding hydrogens is 262 g/mol. The zero-order chi connectivity index (χ0) is 15.7. The number of benzene rings is 1. The zero-order valence-corrected chi connectivity index (χ0v) is 14.0. The highest BCUT2D eigenvalue weighted by atomic mass is 16.5. The van der Waals surface area contributed by atoms with Gasteiger partial charge < -0.3 is 15.0 Å². The fraction of sp³-hybridized carbons (Fsp3) is 0.588. The van der Waals surface area contributed by atoms with Crippen molar-refractivity contribution in [2.75, 3.05) is 33.9 Å². The van der Waals surface area contributed by atoms with Crippen molar-refractivity contribution in [2.24, 2.45) is 10.9 Å². The van der Waals surface area contributed by atoms with Crippen molar-refractivity contribution in [3.63, 3.8) is 0 Å². The number of nitrogens with one attached hydrogen (secondary N) is 1. The molecule has 0 heterocycles. The standard InChI is InChI=1S/C17H29N3O/c1-14(2)13-21-11-10-19-17(18-4)20(5)12-16-9-7-6-8-15(16)3/h6-9,14H,10-13H2,1-5H3,(H,18,19). The number of hydrogen-bond acceptors (Lipinski definition) is 2. The molecule has 1 aromatic rings. The molecule has 0 saturated heterocycles. The Labute approximate surface area is 129 Å². The summed E-state index contributed by atoms with van der Waals surface area (Å²) >= 11 is 0. The quantitative estimate of drug-likeness (QED) is 0.477. The lowest BCUT2D eigenvalue weighted by molar-refractivity contribution is 0.114. The van der Waals surface area contributed by atoms with Crippen molar-refractivity contribution in [2.45, 2.75) is 27.3 Å². The highest BCUT2D eigenvalue weighted by Crippen LogP contribution is 2.09. The third-order valence-corrected chi connectivity index (χ3v) is 3.22. The van der Waals surface area contributed by atoms with Crippen molar-refractivity contribution in [1.82, 2.24) is 10.2 Å². The van der Waals surface area contributed by atoms with Crippen LogP contribution < -0.4 is 5.32 Å². The minimum Gasteiger partial charge on any atom is -0.379 e. The predicted octanol–water partition coefficient (Wildman–Crippen LogP) is 2.67. The van der Waals surface area contributed by atoms with E-state index in [1.54, 1.807) is 0 Å². The lowest BCUT2D eigenvalue weighted by atomic mass is 10.1. The molecule has 0 fully saturated rings. The number of rotatable bonds is 7. The Morgan fingerprint density at radius 3 is 2.67 bits per heavy atom. The lowest BCUT2D eigenvalue weighted by Gasteiger charge is -2.23. The molecule has 0 amide bonds. The molecule has 0 radical (unpaired) electrons. The second kappa shape index (κ2) is 9.40. The first-order chi connectivity index (χ1) is 10.0. The molecule has 0 bridgehead atoms. The van der Waals surface area contributed by atoms with Gasteiger partial charge in [-0.25, -0.2) is 0 Å². The Kier molecular flexibility index (Phi) is 7.83. The summed E-state index contributed by atoms with van der Waals surface area (Å²) in [5, 5.41) is 3.33. The van der Waals surface area contributed by atoms with E-state index >= 15 is 0 Å². The number of aliphatic imine (C=N–C) groups is 1. The maximum absolute atomic E-state index is 5.57. The second-order valence-corrected chi connectivity index (χ2v) is 5.73. The molecule has 4 nitrogen and oxygen atoms in total. The highest BCUT2D eigenvalue weighted by Gasteiger charge is 2.07. The molecule has 1 N–H and O–H groups in total. The molecule has 0 saturated carbocycles. The first-order valence-electron chi connectivity index (χ1n) is 7.58. The van der Waals surface area contributed by atoms with Crippen LogP contribution >= 0.6 is 0 Å². The van der Waals surface area contributed by atoms with Gasteiger partial charge in [-0.3, -0.25) is 4.99 Å². The van der Waals surface area contributed by atoms with Crippen molar-refractivity contribution in [3.8, 4) is 0 Å². The number of ether oxygens (including phenoxy) is 1. The van der Waals surface area contributed by atoms with Crippen LogP contribution in [0.1, 0.15) is 25.0 Å². The molecule has 0 aliphatic carbocycles. The van der Waals surface area contributed by atoms with Crippen molar-refractivity contribution >= 4 is 5.96 Å². The maximum atomic E-state index is 5.57. The molecule has 1 aromatic carbocycles. The zero-order valence-electron chi connectivity index (χ0n) is 14.0. The summed E-state index contributed by atoms with van der Waals surface area (Å²) in [7, 11) is 3.86. The highest BCUT2D eigenvalue weighted by molar-refractivity contribution is 5.79. The minimum absolute atomic E-state index is 0.577. The van der Waals surface area contributed by atoms with Gasteiger partial charge >= 0.3 is 0 Å². The first-order valence-corrected chi connectivity index (χ1v) is 7.58. The van der Waals surface area contributed by atoms with Gasteiger partial charge in [0.15, 0.2) is 5.96 Å². The van der Waals surface area contributed by atoms with Gasteiger partial charge in [0.05, 0.1) is 6.61 Å². The molecule has 4 heteroatoms. The third kappa shape index (κ3) is 6.63. The fourth-order valence-electron chi connectivity index (χ4n) is 2.06. The van der Waals surface area contributed by atoms with Crippen molar-refractivity contribution < 1.29 is 4.74 Å². The largest absolute Gasteiger partial charge is 0.379 e. The number of hydrogen-bond donors (Lipinski definition) is 1. The average Bonchev–Trinajstić information content (AvgIpc) is 2.45. The summed E-state index contributed by atoms with van der Waals surface area (Å²) < 4.78 is 5.57. The van der Waals surface area contributed by atoms with Gasteiger partial charge in [-0.15, -0.1) is 0 Å². The van der Waals surface area contributed by atoms with Crippen LogP contribution in [0.4, 0.5) is 0 Å². The monoisotopic (exact) mass is 291 g/mol. The van der Waals surface area contributed by atoms with Crippen LogP contribution in [0.3, 0.4) is 0 Å². The molecular formula is C17H29N3O. The van der Waals surface area contributed by atoms with Gasteiger partial charge in [0.1, 0.15) is 0 Å². The Bertz CT molecular complexity index is 443. The van der Waals surface area contributed by atoms with E-state index in [0.717, 1.165) is 25.7 Å². The summed E-state index contributed by atoms with van der Waals surface area (Å²) in [5.41, 5.74) is 2.62. The van der Waals surface area contributed by atoms with Gasteiger partial charge in [0.25, 0.3) is 0 Å². The number of nitrogens with zero attached hydrogens (tertiary/aromatic N) is 2. The van der Waals surface area contributed by atoms with Gasteiger partial charge in [-0.2, -0.15) is 0 Å². The van der Waals surface area contributed by atoms with Crippen LogP contribution in [-0.4, -0.2) is 44.7 Å². The van der Waals surface area contributed by atoms with E-state index in [-0.39, 0.29) is 0 Å². The Balaban J connectivity index is 2.40. The Hall–Kier alpha value is -1.55. The third-order valence-electron chi connectivity index (χ3n) is 3.22. The summed E-state index contributed by atoms with van der Waals surface area (Å²) in [6, 6.07) is 8.44. The van der Waals surface area contributed by atoms with Crippen LogP contribution in [0.5, 0.6) is 0 Å². The van der Waals surface area contributed by atoms with E-state index in [2.05, 4.69) is 67.3 Å². The van der Waals surface area contributed by atoms with Crippen molar-refractivity contribution in [1.29, 1.82) is 0 Å². The topological polar surface area (TPSA) is 36.9 Å². The normalized spacial score (nSPS) is 11.8. The smallest absolute Gasteiger partial charge is 0.193 e. The molecule has 0 aliphatic heterocycles. The minimum atomic E-state index is 0.577. The van der Waals surface area contributed by atoms with E-state index in [0.29, 0.717) is 12.5 Å². The van der Waals surface area contributed by atoms with Gasteiger partial charge in [-0.1, -0.05) is 38.1 Å². The molecule has 1 rings (SSSR count). The molecule has 21 heavy (non-hydrogen) atoms. The van der Waals surface area contributed by atoms with E-state index < -0.39 is 0 Å². The maximum Gasteiger partial charge on any atom is 0.193 e. The predicted molar refractivity (Wildman–Crippen MR) is 89.7 cm³/mol. The summed E-state index contributed by atoms with van der Waals surface area (Å²) in [6.07, 6.45) is 0.